The molecule has 116 valence electrons. The fourth-order valence-corrected chi connectivity index (χ4v) is 3.64. The minimum atomic E-state index is 0.144. The number of piperidine rings is 1. The molecule has 5 heteroatoms. The molecule has 1 unspecified atom stereocenters. The van der Waals surface area contributed by atoms with Gasteiger partial charge in [0.25, 0.3) is 5.91 Å². The SMILES string of the molecule is CCCn1cc(N)cc1C(=O)N1CCN2CCCCC2C1. The largest absolute Gasteiger partial charge is 0.397 e. The standard InChI is InChI=1S/C16H26N4O/c1-2-6-19-11-13(17)10-15(19)16(21)20-9-8-18-7-4-3-5-14(18)12-20/h10-11,14H,2-9,12,17H2,1H3. The number of rotatable bonds is 3. The molecule has 2 saturated heterocycles. The molecule has 0 spiro atoms. The van der Waals surface area contributed by atoms with Crippen molar-refractivity contribution in [3.05, 3.63) is 18.0 Å². The Morgan fingerprint density at radius 3 is 3.00 bits per heavy atom. The first-order chi connectivity index (χ1) is 10.2. The summed E-state index contributed by atoms with van der Waals surface area (Å²) in [5, 5.41) is 0. The Morgan fingerprint density at radius 1 is 1.33 bits per heavy atom. The Bertz CT molecular complexity index is 510. The zero-order valence-electron chi connectivity index (χ0n) is 12.9. The number of nitrogen functional groups attached to an aromatic ring is 1. The van der Waals surface area contributed by atoms with Crippen molar-refractivity contribution in [2.45, 2.75) is 45.2 Å². The fourth-order valence-electron chi connectivity index (χ4n) is 3.64. The normalized spacial score (nSPS) is 23.1. The number of piperazine rings is 1. The summed E-state index contributed by atoms with van der Waals surface area (Å²) in [7, 11) is 0. The molecule has 1 aromatic rings. The van der Waals surface area contributed by atoms with Crippen molar-refractivity contribution < 1.29 is 4.79 Å². The number of carbonyl (C=O) groups is 1. The van der Waals surface area contributed by atoms with Gasteiger partial charge in [-0.1, -0.05) is 13.3 Å². The third-order valence-electron chi connectivity index (χ3n) is 4.73. The van der Waals surface area contributed by atoms with Crippen LogP contribution in [-0.4, -0.2) is 52.5 Å². The molecule has 5 nitrogen and oxygen atoms in total. The van der Waals surface area contributed by atoms with Gasteiger partial charge in [0.1, 0.15) is 5.69 Å². The molecular formula is C16H26N4O. The van der Waals surface area contributed by atoms with Crippen LogP contribution in [-0.2, 0) is 6.54 Å². The Balaban J connectivity index is 1.73. The van der Waals surface area contributed by atoms with E-state index in [9.17, 15) is 4.79 Å². The molecule has 2 N–H and O–H groups in total. The van der Waals surface area contributed by atoms with Gasteiger partial charge in [-0.3, -0.25) is 9.69 Å². The molecule has 0 radical (unpaired) electrons. The molecule has 0 aromatic carbocycles. The zero-order chi connectivity index (χ0) is 14.8. The average Bonchev–Trinajstić information content (AvgIpc) is 2.87. The first-order valence-corrected chi connectivity index (χ1v) is 8.18. The minimum absolute atomic E-state index is 0.144. The summed E-state index contributed by atoms with van der Waals surface area (Å²) in [6.45, 7) is 6.89. The lowest BCUT2D eigenvalue weighted by molar-refractivity contribution is 0.0365. The lowest BCUT2D eigenvalue weighted by Gasteiger charge is -2.44. The number of aryl methyl sites for hydroxylation is 1. The number of hydrogen-bond donors (Lipinski definition) is 1. The number of amides is 1. The quantitative estimate of drug-likeness (QED) is 0.923. The van der Waals surface area contributed by atoms with Crippen LogP contribution in [0.25, 0.3) is 0 Å². The van der Waals surface area contributed by atoms with E-state index in [-0.39, 0.29) is 5.91 Å². The molecule has 2 aliphatic rings. The molecule has 0 aliphatic carbocycles. The van der Waals surface area contributed by atoms with Gasteiger partial charge in [0, 0.05) is 38.4 Å². The summed E-state index contributed by atoms with van der Waals surface area (Å²) in [4.78, 5) is 17.4. The molecule has 2 aliphatic heterocycles. The van der Waals surface area contributed by atoms with Crippen molar-refractivity contribution in [2.24, 2.45) is 0 Å². The smallest absolute Gasteiger partial charge is 0.270 e. The van der Waals surface area contributed by atoms with Crippen molar-refractivity contribution in [3.63, 3.8) is 0 Å². The molecule has 0 saturated carbocycles. The van der Waals surface area contributed by atoms with E-state index in [1.165, 1.54) is 25.8 Å². The minimum Gasteiger partial charge on any atom is -0.397 e. The van der Waals surface area contributed by atoms with Gasteiger partial charge in [0.2, 0.25) is 0 Å². The number of aromatic nitrogens is 1. The second-order valence-corrected chi connectivity index (χ2v) is 6.29. The molecule has 1 amide bonds. The number of anilines is 1. The highest BCUT2D eigenvalue weighted by atomic mass is 16.2. The number of nitrogens with two attached hydrogens (primary N) is 1. The monoisotopic (exact) mass is 290 g/mol. The molecule has 21 heavy (non-hydrogen) atoms. The van der Waals surface area contributed by atoms with Gasteiger partial charge in [-0.2, -0.15) is 0 Å². The molecular weight excluding hydrogens is 264 g/mol. The highest BCUT2D eigenvalue weighted by molar-refractivity contribution is 5.94. The van der Waals surface area contributed by atoms with Crippen LogP contribution in [0.1, 0.15) is 43.1 Å². The Labute approximate surface area is 126 Å². The van der Waals surface area contributed by atoms with Gasteiger partial charge in [-0.15, -0.1) is 0 Å². The Kier molecular flexibility index (Phi) is 4.19. The van der Waals surface area contributed by atoms with Gasteiger partial charge < -0.3 is 15.2 Å². The lowest BCUT2D eigenvalue weighted by atomic mass is 9.99. The average molecular weight is 290 g/mol. The second kappa shape index (κ2) is 6.10. The number of fused-ring (bicyclic) bond motifs is 1. The van der Waals surface area contributed by atoms with E-state index in [0.717, 1.165) is 38.3 Å². The van der Waals surface area contributed by atoms with E-state index in [1.807, 2.05) is 21.7 Å². The van der Waals surface area contributed by atoms with Gasteiger partial charge >= 0.3 is 0 Å². The van der Waals surface area contributed by atoms with Crippen molar-refractivity contribution >= 4 is 11.6 Å². The van der Waals surface area contributed by atoms with Gasteiger partial charge in [0.15, 0.2) is 0 Å². The van der Waals surface area contributed by atoms with Crippen LogP contribution in [0.4, 0.5) is 5.69 Å². The number of nitrogens with zero attached hydrogens (tertiary/aromatic N) is 3. The summed E-state index contributed by atoms with van der Waals surface area (Å²) in [6.07, 6.45) is 6.71. The van der Waals surface area contributed by atoms with Crippen LogP contribution in [0.3, 0.4) is 0 Å². The highest BCUT2D eigenvalue weighted by Gasteiger charge is 2.32. The molecule has 3 rings (SSSR count). The summed E-state index contributed by atoms with van der Waals surface area (Å²) < 4.78 is 2.00. The van der Waals surface area contributed by atoms with E-state index in [4.69, 9.17) is 5.73 Å². The van der Waals surface area contributed by atoms with E-state index in [1.54, 1.807) is 0 Å². The van der Waals surface area contributed by atoms with Crippen molar-refractivity contribution in [3.8, 4) is 0 Å². The van der Waals surface area contributed by atoms with Gasteiger partial charge in [-0.25, -0.2) is 0 Å². The van der Waals surface area contributed by atoms with Crippen LogP contribution in [0, 0.1) is 0 Å². The molecule has 1 atom stereocenters. The number of hydrogen-bond acceptors (Lipinski definition) is 3. The van der Waals surface area contributed by atoms with Gasteiger partial charge in [0.05, 0.1) is 5.69 Å². The van der Waals surface area contributed by atoms with E-state index >= 15 is 0 Å². The summed E-state index contributed by atoms with van der Waals surface area (Å²) in [5.74, 6) is 0.144. The van der Waals surface area contributed by atoms with Crippen LogP contribution in [0.5, 0.6) is 0 Å². The maximum Gasteiger partial charge on any atom is 0.270 e. The first kappa shape index (κ1) is 14.4. The van der Waals surface area contributed by atoms with Crippen LogP contribution < -0.4 is 5.73 Å². The lowest BCUT2D eigenvalue weighted by Crippen LogP contribution is -2.56. The van der Waals surface area contributed by atoms with Crippen molar-refractivity contribution in [1.29, 1.82) is 0 Å². The summed E-state index contributed by atoms with van der Waals surface area (Å²) in [6, 6.07) is 2.38. The zero-order valence-corrected chi connectivity index (χ0v) is 12.9. The van der Waals surface area contributed by atoms with Crippen LogP contribution in [0.2, 0.25) is 0 Å². The predicted octanol–water partition coefficient (Wildman–Crippen LogP) is 1.79. The van der Waals surface area contributed by atoms with Crippen molar-refractivity contribution in [2.75, 3.05) is 31.9 Å². The third kappa shape index (κ3) is 2.93. The summed E-state index contributed by atoms with van der Waals surface area (Å²) in [5.41, 5.74) is 7.32. The highest BCUT2D eigenvalue weighted by Crippen LogP contribution is 2.23. The van der Waals surface area contributed by atoms with Crippen molar-refractivity contribution in [1.82, 2.24) is 14.4 Å². The second-order valence-electron chi connectivity index (χ2n) is 6.29. The van der Waals surface area contributed by atoms with E-state index in [0.29, 0.717) is 11.7 Å². The molecule has 2 fully saturated rings. The molecule has 3 heterocycles. The van der Waals surface area contributed by atoms with E-state index < -0.39 is 0 Å². The van der Waals surface area contributed by atoms with E-state index in [2.05, 4.69) is 11.8 Å². The summed E-state index contributed by atoms with van der Waals surface area (Å²) >= 11 is 0. The van der Waals surface area contributed by atoms with Crippen LogP contribution >= 0.6 is 0 Å². The predicted molar refractivity (Wildman–Crippen MR) is 84.3 cm³/mol. The molecule has 1 aromatic heterocycles. The Hall–Kier alpha value is -1.49. The first-order valence-electron chi connectivity index (χ1n) is 8.18. The topological polar surface area (TPSA) is 54.5 Å². The van der Waals surface area contributed by atoms with Gasteiger partial charge in [-0.05, 0) is 31.9 Å². The molecule has 0 bridgehead atoms. The maximum atomic E-state index is 12.8. The Morgan fingerprint density at radius 2 is 2.19 bits per heavy atom. The third-order valence-corrected chi connectivity index (χ3v) is 4.73. The van der Waals surface area contributed by atoms with Crippen LogP contribution in [0.15, 0.2) is 12.3 Å². The fraction of sp³-hybridized carbons (Fsp3) is 0.688. The maximum absolute atomic E-state index is 12.8. The number of carbonyl (C=O) groups excluding carboxylic acids is 1.